The minimum absolute atomic E-state index is 0. The second kappa shape index (κ2) is 6.78. The maximum atomic E-state index is 12.6. The average molecular weight is 310 g/mol. The molecule has 0 saturated carbocycles. The van der Waals surface area contributed by atoms with Gasteiger partial charge in [-0.05, 0) is 29.5 Å². The number of rotatable bonds is 3. The number of fused-ring (bicyclic) bond motifs is 1. The van der Waals surface area contributed by atoms with Gasteiger partial charge in [-0.2, -0.15) is 0 Å². The summed E-state index contributed by atoms with van der Waals surface area (Å²) in [5.41, 5.74) is 2.10. The Morgan fingerprint density at radius 3 is 2.00 bits per heavy atom. The molecule has 0 aliphatic heterocycles. The summed E-state index contributed by atoms with van der Waals surface area (Å²) in [4.78, 5) is 12.6. The Bertz CT molecular complexity index is 635. The predicted molar refractivity (Wildman–Crippen MR) is 76.6 cm³/mol. The predicted octanol–water partition coefficient (Wildman–Crippen LogP) is -0.513. The van der Waals surface area contributed by atoms with Crippen molar-refractivity contribution in [3.63, 3.8) is 0 Å². The van der Waals surface area contributed by atoms with Gasteiger partial charge in [0.1, 0.15) is 5.85 Å². The third kappa shape index (κ3) is 3.34. The minimum Gasteiger partial charge on any atom is -0.797 e. The zero-order chi connectivity index (χ0) is 14.2. The normalized spacial score (nSPS) is 18.4. The van der Waals surface area contributed by atoms with E-state index in [9.17, 15) is 14.6 Å². The molecular weight excluding hydrogens is 294 g/mol. The van der Waals surface area contributed by atoms with Crippen molar-refractivity contribution in [2.45, 2.75) is 24.3 Å². The van der Waals surface area contributed by atoms with Crippen LogP contribution in [0.1, 0.15) is 22.5 Å². The Kier molecular flexibility index (Phi) is 5.48. The van der Waals surface area contributed by atoms with E-state index in [1.165, 1.54) is 0 Å². The fraction of sp³-hybridized carbons (Fsp3) is 0.250. The first kappa shape index (κ1) is 17.0. The van der Waals surface area contributed by atoms with Crippen LogP contribution in [0, 0.1) is 0 Å². The molecule has 0 saturated heterocycles. The van der Waals surface area contributed by atoms with Crippen LogP contribution in [-0.2, 0) is 17.4 Å². The van der Waals surface area contributed by atoms with Crippen molar-refractivity contribution in [1.82, 2.24) is 0 Å². The molecule has 0 spiro atoms. The van der Waals surface area contributed by atoms with E-state index in [-0.39, 0.29) is 29.6 Å². The molecule has 2 unspecified atom stereocenters. The fourth-order valence-electron chi connectivity index (χ4n) is 2.82. The minimum atomic E-state index is -3.93. The summed E-state index contributed by atoms with van der Waals surface area (Å²) >= 11 is 0. The van der Waals surface area contributed by atoms with Gasteiger partial charge in [-0.15, -0.1) is 0 Å². The SMILES string of the molecule is O=P([O-])(C1Cc2ccccc2C1)C(O)c1ccccc1.[Na+]. The van der Waals surface area contributed by atoms with Crippen LogP contribution >= 0.6 is 7.37 Å². The smallest absolute Gasteiger partial charge is 0.797 e. The molecule has 0 bridgehead atoms. The number of aliphatic hydroxyl groups is 1. The molecular formula is C16H16NaO3P. The summed E-state index contributed by atoms with van der Waals surface area (Å²) in [6, 6.07) is 16.3. The van der Waals surface area contributed by atoms with E-state index >= 15 is 0 Å². The van der Waals surface area contributed by atoms with E-state index in [0.717, 1.165) is 11.1 Å². The Labute approximate surface area is 146 Å². The molecule has 0 heterocycles. The van der Waals surface area contributed by atoms with E-state index < -0.39 is 18.9 Å². The van der Waals surface area contributed by atoms with E-state index in [0.29, 0.717) is 18.4 Å². The van der Waals surface area contributed by atoms with Gasteiger partial charge in [0.05, 0.1) is 7.37 Å². The Morgan fingerprint density at radius 1 is 1.00 bits per heavy atom. The number of benzene rings is 2. The summed E-state index contributed by atoms with van der Waals surface area (Å²) < 4.78 is 12.6. The Hall–Kier alpha value is -0.410. The molecule has 2 atom stereocenters. The van der Waals surface area contributed by atoms with Gasteiger partial charge >= 0.3 is 29.6 Å². The molecule has 5 heteroatoms. The third-order valence-corrected chi connectivity index (χ3v) is 6.34. The largest absolute Gasteiger partial charge is 1.00 e. The van der Waals surface area contributed by atoms with E-state index in [4.69, 9.17) is 0 Å². The summed E-state index contributed by atoms with van der Waals surface area (Å²) in [5.74, 6) is -1.41. The summed E-state index contributed by atoms with van der Waals surface area (Å²) in [6.07, 6.45) is 1.00. The number of aliphatic hydroxyl groups excluding tert-OH is 1. The van der Waals surface area contributed by atoms with Crippen LogP contribution in [0.25, 0.3) is 0 Å². The van der Waals surface area contributed by atoms with Crippen molar-refractivity contribution in [2.75, 3.05) is 0 Å². The second-order valence-electron chi connectivity index (χ2n) is 5.26. The molecule has 104 valence electrons. The van der Waals surface area contributed by atoms with Crippen molar-refractivity contribution in [3.05, 3.63) is 71.3 Å². The van der Waals surface area contributed by atoms with E-state index in [2.05, 4.69) is 0 Å². The number of hydrogen-bond donors (Lipinski definition) is 1. The van der Waals surface area contributed by atoms with Crippen LogP contribution in [0.2, 0.25) is 0 Å². The monoisotopic (exact) mass is 310 g/mol. The molecule has 0 aromatic heterocycles. The summed E-state index contributed by atoms with van der Waals surface area (Å²) in [7, 11) is -3.93. The molecule has 1 N–H and O–H groups in total. The number of hydrogen-bond acceptors (Lipinski definition) is 3. The van der Waals surface area contributed by atoms with Crippen LogP contribution < -0.4 is 34.5 Å². The zero-order valence-electron chi connectivity index (χ0n) is 12.0. The molecule has 1 aliphatic carbocycles. The van der Waals surface area contributed by atoms with Gasteiger partial charge < -0.3 is 14.6 Å². The summed E-state index contributed by atoms with van der Waals surface area (Å²) in [6.45, 7) is 0. The van der Waals surface area contributed by atoms with Gasteiger partial charge in [0.15, 0.2) is 0 Å². The van der Waals surface area contributed by atoms with Gasteiger partial charge in [-0.3, -0.25) is 0 Å². The van der Waals surface area contributed by atoms with Crippen LogP contribution in [0.5, 0.6) is 0 Å². The maximum Gasteiger partial charge on any atom is 1.00 e. The van der Waals surface area contributed by atoms with Crippen molar-refractivity contribution < 1.29 is 44.1 Å². The molecule has 0 radical (unpaired) electrons. The quantitative estimate of drug-likeness (QED) is 0.613. The molecule has 1 aliphatic rings. The maximum absolute atomic E-state index is 12.6. The molecule has 2 aromatic rings. The van der Waals surface area contributed by atoms with Gasteiger partial charge in [-0.25, -0.2) is 0 Å². The Balaban J connectivity index is 0.00000161. The van der Waals surface area contributed by atoms with Gasteiger partial charge in [0, 0.05) is 5.66 Å². The van der Waals surface area contributed by atoms with Crippen LogP contribution in [0.3, 0.4) is 0 Å². The first-order valence-electron chi connectivity index (χ1n) is 6.69. The van der Waals surface area contributed by atoms with Gasteiger partial charge in [0.2, 0.25) is 0 Å². The average Bonchev–Trinajstić information content (AvgIpc) is 2.92. The molecule has 21 heavy (non-hydrogen) atoms. The van der Waals surface area contributed by atoms with Crippen molar-refractivity contribution in [2.24, 2.45) is 0 Å². The first-order valence-corrected chi connectivity index (χ1v) is 8.45. The van der Waals surface area contributed by atoms with Crippen LogP contribution in [0.15, 0.2) is 54.6 Å². The molecule has 2 aromatic carbocycles. The second-order valence-corrected chi connectivity index (χ2v) is 7.77. The molecule has 0 amide bonds. The molecule has 0 fully saturated rings. The third-order valence-electron chi connectivity index (χ3n) is 3.98. The zero-order valence-corrected chi connectivity index (χ0v) is 14.9. The van der Waals surface area contributed by atoms with Gasteiger partial charge in [0.25, 0.3) is 0 Å². The van der Waals surface area contributed by atoms with Crippen molar-refractivity contribution in [1.29, 1.82) is 0 Å². The summed E-state index contributed by atoms with van der Waals surface area (Å²) in [5, 5.41) is 10.2. The fourth-order valence-corrected chi connectivity index (χ4v) is 4.71. The Morgan fingerprint density at radius 2 is 1.48 bits per heavy atom. The first-order chi connectivity index (χ1) is 9.59. The topological polar surface area (TPSA) is 60.4 Å². The van der Waals surface area contributed by atoms with Gasteiger partial charge in [-0.1, -0.05) is 54.6 Å². The molecule has 3 rings (SSSR count). The van der Waals surface area contributed by atoms with E-state index in [1.807, 2.05) is 24.3 Å². The standard InChI is InChI=1S/C16H17O3P.Na/c17-16(12-6-2-1-3-7-12)20(18,19)15-10-13-8-4-5-9-14(13)11-15;/h1-9,15-17H,10-11H2,(H,18,19);/q;+1/p-1. The molecule has 3 nitrogen and oxygen atoms in total. The van der Waals surface area contributed by atoms with Crippen LogP contribution in [-0.4, -0.2) is 10.8 Å². The van der Waals surface area contributed by atoms with Crippen molar-refractivity contribution in [3.8, 4) is 0 Å². The van der Waals surface area contributed by atoms with E-state index in [1.54, 1.807) is 30.3 Å². The van der Waals surface area contributed by atoms with Crippen LogP contribution in [0.4, 0.5) is 0 Å². The van der Waals surface area contributed by atoms with Crippen molar-refractivity contribution >= 4 is 7.37 Å².